The Hall–Kier alpha value is -1.10. The van der Waals surface area contributed by atoms with E-state index in [1.54, 1.807) is 4.90 Å². The minimum Gasteiger partial charge on any atom is -0.353 e. The van der Waals surface area contributed by atoms with Gasteiger partial charge in [0.2, 0.25) is 11.8 Å². The molecule has 0 aromatic heterocycles. The predicted octanol–water partition coefficient (Wildman–Crippen LogP) is 0.256. The number of rotatable bonds is 7. The summed E-state index contributed by atoms with van der Waals surface area (Å²) >= 11 is 0. The number of nitrogens with zero attached hydrogens (tertiary/aromatic N) is 1. The molecule has 2 N–H and O–H groups in total. The summed E-state index contributed by atoms with van der Waals surface area (Å²) in [7, 11) is 0. The molecule has 102 valence electrons. The molecule has 1 saturated carbocycles. The van der Waals surface area contributed by atoms with Crippen molar-refractivity contribution in [1.82, 2.24) is 15.5 Å². The van der Waals surface area contributed by atoms with Gasteiger partial charge in [0.15, 0.2) is 0 Å². The van der Waals surface area contributed by atoms with Crippen LogP contribution in [0, 0.1) is 0 Å². The highest BCUT2D eigenvalue weighted by atomic mass is 16.2. The van der Waals surface area contributed by atoms with Crippen molar-refractivity contribution >= 4 is 11.8 Å². The Morgan fingerprint density at radius 2 is 2.17 bits per heavy atom. The first-order valence-corrected chi connectivity index (χ1v) is 7.02. The zero-order valence-electron chi connectivity index (χ0n) is 11.1. The van der Waals surface area contributed by atoms with E-state index in [1.807, 2.05) is 0 Å². The molecule has 18 heavy (non-hydrogen) atoms. The molecule has 0 radical (unpaired) electrons. The normalized spacial score (nSPS) is 23.5. The lowest BCUT2D eigenvalue weighted by molar-refractivity contribution is -0.130. The van der Waals surface area contributed by atoms with Gasteiger partial charge < -0.3 is 15.5 Å². The van der Waals surface area contributed by atoms with Gasteiger partial charge in [0.05, 0.1) is 6.04 Å². The molecule has 1 unspecified atom stereocenters. The smallest absolute Gasteiger partial charge is 0.239 e. The van der Waals surface area contributed by atoms with Gasteiger partial charge in [-0.15, -0.1) is 0 Å². The van der Waals surface area contributed by atoms with Crippen LogP contribution in [0.4, 0.5) is 0 Å². The molecular weight excluding hydrogens is 230 g/mol. The topological polar surface area (TPSA) is 61.4 Å². The van der Waals surface area contributed by atoms with Crippen molar-refractivity contribution in [3.63, 3.8) is 0 Å². The Morgan fingerprint density at radius 1 is 1.39 bits per heavy atom. The monoisotopic (exact) mass is 253 g/mol. The fourth-order valence-electron chi connectivity index (χ4n) is 2.23. The first kappa shape index (κ1) is 13.3. The number of hydrogen-bond acceptors (Lipinski definition) is 3. The molecule has 0 bridgehead atoms. The second-order valence-corrected chi connectivity index (χ2v) is 5.21. The van der Waals surface area contributed by atoms with E-state index in [4.69, 9.17) is 0 Å². The van der Waals surface area contributed by atoms with E-state index in [-0.39, 0.29) is 17.9 Å². The molecule has 1 aliphatic heterocycles. The molecule has 0 aromatic rings. The SMILES string of the molecule is CCCNC1CCN(CCC(=O)NC2CC2)C1=O. The van der Waals surface area contributed by atoms with Gasteiger partial charge in [-0.3, -0.25) is 9.59 Å². The van der Waals surface area contributed by atoms with Crippen molar-refractivity contribution in [2.24, 2.45) is 0 Å². The van der Waals surface area contributed by atoms with Crippen molar-refractivity contribution in [2.75, 3.05) is 19.6 Å². The van der Waals surface area contributed by atoms with Crippen LogP contribution >= 0.6 is 0 Å². The Balaban J connectivity index is 1.66. The maximum absolute atomic E-state index is 12.0. The van der Waals surface area contributed by atoms with Crippen LogP contribution in [-0.2, 0) is 9.59 Å². The zero-order chi connectivity index (χ0) is 13.0. The zero-order valence-corrected chi connectivity index (χ0v) is 11.1. The van der Waals surface area contributed by atoms with Crippen molar-refractivity contribution in [2.45, 2.75) is 51.1 Å². The maximum atomic E-state index is 12.0. The number of carbonyl (C=O) groups is 2. The minimum absolute atomic E-state index is 0.0311. The van der Waals surface area contributed by atoms with E-state index < -0.39 is 0 Å². The quantitative estimate of drug-likeness (QED) is 0.684. The lowest BCUT2D eigenvalue weighted by atomic mass is 10.2. The van der Waals surface area contributed by atoms with Gasteiger partial charge >= 0.3 is 0 Å². The second kappa shape index (κ2) is 6.18. The molecular formula is C13H23N3O2. The number of nitrogens with one attached hydrogen (secondary N) is 2. The van der Waals surface area contributed by atoms with E-state index in [2.05, 4.69) is 17.6 Å². The predicted molar refractivity (Wildman–Crippen MR) is 69.1 cm³/mol. The fourth-order valence-corrected chi connectivity index (χ4v) is 2.23. The van der Waals surface area contributed by atoms with Gasteiger partial charge in [-0.2, -0.15) is 0 Å². The van der Waals surface area contributed by atoms with Gasteiger partial charge in [0.1, 0.15) is 0 Å². The van der Waals surface area contributed by atoms with Crippen LogP contribution in [0.1, 0.15) is 39.0 Å². The highest BCUT2D eigenvalue weighted by molar-refractivity contribution is 5.84. The molecule has 2 amide bonds. The van der Waals surface area contributed by atoms with E-state index >= 15 is 0 Å². The third-order valence-electron chi connectivity index (χ3n) is 3.49. The van der Waals surface area contributed by atoms with Crippen LogP contribution in [-0.4, -0.2) is 48.4 Å². The fraction of sp³-hybridized carbons (Fsp3) is 0.846. The summed E-state index contributed by atoms with van der Waals surface area (Å²) in [5.41, 5.74) is 0. The van der Waals surface area contributed by atoms with Crippen LogP contribution in [0.25, 0.3) is 0 Å². The first-order chi connectivity index (χ1) is 8.70. The summed E-state index contributed by atoms with van der Waals surface area (Å²) in [4.78, 5) is 25.3. The lowest BCUT2D eigenvalue weighted by Gasteiger charge is -2.16. The van der Waals surface area contributed by atoms with E-state index in [1.165, 1.54) is 0 Å². The van der Waals surface area contributed by atoms with Gasteiger partial charge in [0.25, 0.3) is 0 Å². The molecule has 5 heteroatoms. The average Bonchev–Trinajstić information content (AvgIpc) is 3.09. The maximum Gasteiger partial charge on any atom is 0.239 e. The Labute approximate surface area is 108 Å². The molecule has 0 aromatic carbocycles. The van der Waals surface area contributed by atoms with Crippen LogP contribution in [0.5, 0.6) is 0 Å². The molecule has 2 rings (SSSR count). The van der Waals surface area contributed by atoms with E-state index in [0.29, 0.717) is 19.0 Å². The highest BCUT2D eigenvalue weighted by Gasteiger charge is 2.31. The van der Waals surface area contributed by atoms with Gasteiger partial charge in [-0.1, -0.05) is 6.92 Å². The molecule has 1 heterocycles. The van der Waals surface area contributed by atoms with E-state index in [9.17, 15) is 9.59 Å². The highest BCUT2D eigenvalue weighted by Crippen LogP contribution is 2.18. The minimum atomic E-state index is -0.0311. The van der Waals surface area contributed by atoms with Gasteiger partial charge in [-0.05, 0) is 32.2 Å². The summed E-state index contributed by atoms with van der Waals surface area (Å²) < 4.78 is 0. The second-order valence-electron chi connectivity index (χ2n) is 5.21. The summed E-state index contributed by atoms with van der Waals surface area (Å²) in [6.07, 6.45) is 4.55. The van der Waals surface area contributed by atoms with Crippen molar-refractivity contribution in [3.05, 3.63) is 0 Å². The number of hydrogen-bond donors (Lipinski definition) is 2. The molecule has 1 aliphatic carbocycles. The van der Waals surface area contributed by atoms with Crippen LogP contribution < -0.4 is 10.6 Å². The van der Waals surface area contributed by atoms with Gasteiger partial charge in [-0.25, -0.2) is 0 Å². The first-order valence-electron chi connectivity index (χ1n) is 7.02. The third-order valence-corrected chi connectivity index (χ3v) is 3.49. The van der Waals surface area contributed by atoms with Crippen molar-refractivity contribution in [3.8, 4) is 0 Å². The summed E-state index contributed by atoms with van der Waals surface area (Å²) in [5.74, 6) is 0.234. The largest absolute Gasteiger partial charge is 0.353 e. The summed E-state index contributed by atoms with van der Waals surface area (Å²) in [5, 5.41) is 6.19. The van der Waals surface area contributed by atoms with E-state index in [0.717, 1.165) is 38.8 Å². The Morgan fingerprint density at radius 3 is 2.83 bits per heavy atom. The molecule has 0 spiro atoms. The average molecular weight is 253 g/mol. The molecule has 5 nitrogen and oxygen atoms in total. The van der Waals surface area contributed by atoms with Crippen LogP contribution in [0.3, 0.4) is 0 Å². The number of likely N-dealkylation sites (tertiary alicyclic amines) is 1. The number of carbonyl (C=O) groups excluding carboxylic acids is 2. The third kappa shape index (κ3) is 3.70. The summed E-state index contributed by atoms with van der Waals surface area (Å²) in [6.45, 7) is 4.30. The molecule has 1 saturated heterocycles. The standard InChI is InChI=1S/C13H23N3O2/c1-2-7-14-11-5-8-16(13(11)18)9-6-12(17)15-10-3-4-10/h10-11,14H,2-9H2,1H3,(H,15,17). The number of amides is 2. The molecule has 2 aliphatic rings. The van der Waals surface area contributed by atoms with Crippen molar-refractivity contribution in [1.29, 1.82) is 0 Å². The van der Waals surface area contributed by atoms with Crippen LogP contribution in [0.2, 0.25) is 0 Å². The summed E-state index contributed by atoms with van der Waals surface area (Å²) in [6, 6.07) is 0.377. The molecule has 1 atom stereocenters. The lowest BCUT2D eigenvalue weighted by Crippen LogP contribution is -2.40. The van der Waals surface area contributed by atoms with Crippen LogP contribution in [0.15, 0.2) is 0 Å². The molecule has 2 fully saturated rings. The Kier molecular flexibility index (Phi) is 4.58. The van der Waals surface area contributed by atoms with Gasteiger partial charge in [0, 0.05) is 25.6 Å². The van der Waals surface area contributed by atoms with Crippen molar-refractivity contribution < 1.29 is 9.59 Å². The Bertz CT molecular complexity index is 315.